The lowest BCUT2D eigenvalue weighted by Gasteiger charge is -2.38. The van der Waals surface area contributed by atoms with Crippen LogP contribution in [0.1, 0.15) is 40.0 Å². The molecule has 2 heteroatoms. The number of hydrogen-bond acceptors (Lipinski definition) is 1. The van der Waals surface area contributed by atoms with Gasteiger partial charge in [-0.1, -0.05) is 43.4 Å². The molecule has 0 aromatic carbocycles. The zero-order valence-electron chi connectivity index (χ0n) is 8.02. The lowest BCUT2D eigenvalue weighted by atomic mass is 9.70. The minimum absolute atomic E-state index is 0.0712. The van der Waals surface area contributed by atoms with Crippen molar-refractivity contribution in [2.24, 2.45) is 10.8 Å². The molecule has 0 spiro atoms. The van der Waals surface area contributed by atoms with Gasteiger partial charge in [0.05, 0.1) is 6.10 Å². The van der Waals surface area contributed by atoms with Gasteiger partial charge in [0.15, 0.2) is 0 Å². The maximum absolute atomic E-state index is 9.97. The average Bonchev–Trinajstić information content (AvgIpc) is 2.18. The van der Waals surface area contributed by atoms with Crippen molar-refractivity contribution in [3.63, 3.8) is 0 Å². The van der Waals surface area contributed by atoms with Crippen LogP contribution in [0.4, 0.5) is 0 Å². The fourth-order valence-electron chi connectivity index (χ4n) is 3.07. The fraction of sp³-hybridized carbons (Fsp3) is 1.00. The van der Waals surface area contributed by atoms with Crippen molar-refractivity contribution in [1.29, 1.82) is 0 Å². The van der Waals surface area contributed by atoms with E-state index in [-0.39, 0.29) is 11.5 Å². The Hall–Kier alpha value is 0.690. The largest absolute Gasteiger partial charge is 0.392 e. The molecule has 2 aliphatic rings. The van der Waals surface area contributed by atoms with Gasteiger partial charge in [-0.3, -0.25) is 0 Å². The van der Waals surface area contributed by atoms with E-state index in [0.29, 0.717) is 8.84 Å². The quantitative estimate of drug-likeness (QED) is 0.534. The first-order valence-corrected chi connectivity index (χ1v) is 5.78. The third-order valence-corrected chi connectivity index (χ3v) is 7.17. The number of alkyl halides is 1. The van der Waals surface area contributed by atoms with Crippen molar-refractivity contribution < 1.29 is 5.11 Å². The highest BCUT2D eigenvalue weighted by molar-refractivity contribution is 14.1. The van der Waals surface area contributed by atoms with Gasteiger partial charge in [0.2, 0.25) is 0 Å². The van der Waals surface area contributed by atoms with Crippen molar-refractivity contribution in [2.75, 3.05) is 0 Å². The summed E-state index contributed by atoms with van der Waals surface area (Å²) in [6.07, 6.45) is 3.41. The van der Waals surface area contributed by atoms with Crippen LogP contribution < -0.4 is 0 Å². The normalized spacial score (nSPS) is 56.2. The summed E-state index contributed by atoms with van der Waals surface area (Å²) in [6.45, 7) is 6.90. The summed E-state index contributed by atoms with van der Waals surface area (Å²) >= 11 is 2.58. The van der Waals surface area contributed by atoms with Gasteiger partial charge in [-0.05, 0) is 30.1 Å². The van der Waals surface area contributed by atoms with Gasteiger partial charge in [-0.15, -0.1) is 0 Å². The Balaban J connectivity index is 2.49. The monoisotopic (exact) mass is 280 g/mol. The van der Waals surface area contributed by atoms with Crippen molar-refractivity contribution in [3.8, 4) is 0 Å². The van der Waals surface area contributed by atoms with Crippen molar-refractivity contribution in [2.45, 2.75) is 49.6 Å². The van der Waals surface area contributed by atoms with E-state index in [1.807, 2.05) is 0 Å². The third kappa shape index (κ3) is 0.746. The van der Waals surface area contributed by atoms with E-state index in [4.69, 9.17) is 0 Å². The maximum atomic E-state index is 9.97. The molecule has 0 aliphatic heterocycles. The van der Waals surface area contributed by atoms with Gasteiger partial charge in [-0.2, -0.15) is 0 Å². The van der Waals surface area contributed by atoms with Crippen molar-refractivity contribution in [1.82, 2.24) is 0 Å². The highest BCUT2D eigenvalue weighted by Gasteiger charge is 2.68. The maximum Gasteiger partial charge on any atom is 0.0612 e. The topological polar surface area (TPSA) is 20.2 Å². The average molecular weight is 280 g/mol. The Morgan fingerprint density at radius 1 is 1.25 bits per heavy atom. The molecule has 2 fully saturated rings. The summed E-state index contributed by atoms with van der Waals surface area (Å²) in [5.74, 6) is 0. The number of rotatable bonds is 0. The van der Waals surface area contributed by atoms with E-state index >= 15 is 0 Å². The van der Waals surface area contributed by atoms with Crippen LogP contribution >= 0.6 is 22.6 Å². The van der Waals surface area contributed by atoms with E-state index in [1.165, 1.54) is 12.8 Å². The zero-order chi connectivity index (χ0) is 9.20. The van der Waals surface area contributed by atoms with Crippen LogP contribution in [0.25, 0.3) is 0 Å². The highest BCUT2D eigenvalue weighted by atomic mass is 127. The summed E-state index contributed by atoms with van der Waals surface area (Å²) in [5.41, 5.74) is 0.480. The highest BCUT2D eigenvalue weighted by Crippen LogP contribution is 2.70. The minimum atomic E-state index is -0.0712. The second-order valence-corrected chi connectivity index (χ2v) is 7.29. The number of hydrogen-bond donors (Lipinski definition) is 1. The van der Waals surface area contributed by atoms with Crippen molar-refractivity contribution >= 4 is 22.6 Å². The molecule has 2 aliphatic carbocycles. The summed E-state index contributed by atoms with van der Waals surface area (Å²) in [7, 11) is 0. The predicted octanol–water partition coefficient (Wildman–Crippen LogP) is 2.75. The van der Waals surface area contributed by atoms with E-state index < -0.39 is 0 Å². The zero-order valence-corrected chi connectivity index (χ0v) is 10.2. The molecule has 2 saturated carbocycles. The first-order chi connectivity index (χ1) is 5.33. The molecule has 0 heterocycles. The molecule has 2 bridgehead atoms. The van der Waals surface area contributed by atoms with Gasteiger partial charge in [-0.25, -0.2) is 0 Å². The second kappa shape index (κ2) is 2.19. The van der Waals surface area contributed by atoms with E-state index in [0.717, 1.165) is 6.42 Å². The molecule has 0 amide bonds. The molecular formula is C10H17IO. The summed E-state index contributed by atoms with van der Waals surface area (Å²) in [5, 5.41) is 9.97. The molecule has 12 heavy (non-hydrogen) atoms. The molecule has 0 saturated heterocycles. The molecule has 1 N–H and O–H groups in total. The van der Waals surface area contributed by atoms with Gasteiger partial charge in [0.1, 0.15) is 0 Å². The van der Waals surface area contributed by atoms with Gasteiger partial charge < -0.3 is 5.11 Å². The SMILES string of the molecule is CC1(C)[C@]2(I)CC[C@@]1(C)[C@@H](O)C2. The van der Waals surface area contributed by atoms with Gasteiger partial charge in [0.25, 0.3) is 0 Å². The Morgan fingerprint density at radius 3 is 2.00 bits per heavy atom. The van der Waals surface area contributed by atoms with Crippen LogP contribution in [-0.2, 0) is 0 Å². The predicted molar refractivity (Wildman–Crippen MR) is 58.5 cm³/mol. The molecule has 3 atom stereocenters. The van der Waals surface area contributed by atoms with E-state index in [9.17, 15) is 5.11 Å². The van der Waals surface area contributed by atoms with Crippen LogP contribution in [0.15, 0.2) is 0 Å². The van der Waals surface area contributed by atoms with Gasteiger partial charge in [0, 0.05) is 3.42 Å². The molecule has 0 aromatic rings. The fourth-order valence-corrected chi connectivity index (χ4v) is 4.37. The number of fused-ring (bicyclic) bond motifs is 2. The van der Waals surface area contributed by atoms with Gasteiger partial charge >= 0.3 is 0 Å². The summed E-state index contributed by atoms with van der Waals surface area (Å²) in [6, 6.07) is 0. The van der Waals surface area contributed by atoms with E-state index in [1.54, 1.807) is 0 Å². The lowest BCUT2D eigenvalue weighted by Crippen LogP contribution is -2.37. The Morgan fingerprint density at radius 2 is 1.83 bits per heavy atom. The van der Waals surface area contributed by atoms with Crippen LogP contribution in [0, 0.1) is 10.8 Å². The smallest absolute Gasteiger partial charge is 0.0612 e. The Kier molecular flexibility index (Phi) is 1.69. The minimum Gasteiger partial charge on any atom is -0.392 e. The van der Waals surface area contributed by atoms with Crippen LogP contribution in [0.5, 0.6) is 0 Å². The molecular weight excluding hydrogens is 263 g/mol. The van der Waals surface area contributed by atoms with Crippen LogP contribution in [0.3, 0.4) is 0 Å². The molecule has 0 aromatic heterocycles. The Labute approximate surface area is 88.1 Å². The van der Waals surface area contributed by atoms with Crippen LogP contribution in [-0.4, -0.2) is 14.6 Å². The molecule has 2 rings (SSSR count). The van der Waals surface area contributed by atoms with Crippen molar-refractivity contribution in [3.05, 3.63) is 0 Å². The number of aliphatic hydroxyl groups excluding tert-OH is 1. The molecule has 0 unspecified atom stereocenters. The molecule has 0 radical (unpaired) electrons. The standard InChI is InChI=1S/C10H17IO/c1-8(2)9(3)4-5-10(8,11)6-7(9)12/h7,12H,4-6H2,1-3H3/t7-,9-,10-/m0/s1. The third-order valence-electron chi connectivity index (χ3n) is 4.84. The molecule has 1 nitrogen and oxygen atoms in total. The van der Waals surface area contributed by atoms with E-state index in [2.05, 4.69) is 43.4 Å². The Bertz CT molecular complexity index is 223. The number of aliphatic hydroxyl groups is 1. The first-order valence-electron chi connectivity index (χ1n) is 4.70. The van der Waals surface area contributed by atoms with Crippen LogP contribution in [0.2, 0.25) is 0 Å². The molecule has 70 valence electrons. The lowest BCUT2D eigenvalue weighted by molar-refractivity contribution is 0.0129. The first kappa shape index (κ1) is 9.25. The summed E-state index contributed by atoms with van der Waals surface area (Å²) < 4.78 is 0.360. The number of halogens is 1. The second-order valence-electron chi connectivity index (χ2n) is 5.23. The summed E-state index contributed by atoms with van der Waals surface area (Å²) in [4.78, 5) is 0.